The highest BCUT2D eigenvalue weighted by Crippen LogP contribution is 2.26. The van der Waals surface area contributed by atoms with Crippen LogP contribution >= 0.6 is 0 Å². The number of rotatable bonds is 4. The molecule has 3 aliphatic rings. The second-order valence-electron chi connectivity index (χ2n) is 6.77. The van der Waals surface area contributed by atoms with Crippen molar-refractivity contribution in [3.8, 4) is 5.75 Å². The van der Waals surface area contributed by atoms with Crippen molar-refractivity contribution >= 4 is 5.91 Å². The summed E-state index contributed by atoms with van der Waals surface area (Å²) in [5, 5.41) is 3.03. The van der Waals surface area contributed by atoms with Crippen molar-refractivity contribution < 1.29 is 14.3 Å². The van der Waals surface area contributed by atoms with Gasteiger partial charge in [-0.3, -0.25) is 9.69 Å². The third-order valence-electron chi connectivity index (χ3n) is 5.11. The first-order valence-corrected chi connectivity index (χ1v) is 8.65. The lowest BCUT2D eigenvalue weighted by Crippen LogP contribution is -2.50. The van der Waals surface area contributed by atoms with E-state index < -0.39 is 0 Å². The van der Waals surface area contributed by atoms with Crippen LogP contribution in [0.5, 0.6) is 5.75 Å². The average Bonchev–Trinajstić information content (AvgIpc) is 3.20. The van der Waals surface area contributed by atoms with Crippen molar-refractivity contribution in [2.75, 3.05) is 32.8 Å². The Morgan fingerprint density at radius 2 is 2.35 bits per heavy atom. The maximum absolute atomic E-state index is 12.2. The summed E-state index contributed by atoms with van der Waals surface area (Å²) in [6, 6.07) is 6.65. The number of amides is 1. The number of carbonyl (C=O) groups is 1. The third kappa shape index (κ3) is 3.35. The van der Waals surface area contributed by atoms with Gasteiger partial charge in [0.25, 0.3) is 0 Å². The van der Waals surface area contributed by atoms with E-state index in [1.165, 1.54) is 24.9 Å². The number of hydrogen-bond acceptors (Lipinski definition) is 4. The second-order valence-corrected chi connectivity index (χ2v) is 6.77. The molecule has 0 aromatic heterocycles. The molecule has 0 saturated carbocycles. The minimum atomic E-state index is 0.0658. The molecule has 0 unspecified atom stereocenters. The molecule has 5 nitrogen and oxygen atoms in total. The van der Waals surface area contributed by atoms with Crippen LogP contribution in [-0.2, 0) is 22.4 Å². The van der Waals surface area contributed by atoms with Crippen LogP contribution in [0.15, 0.2) is 18.2 Å². The van der Waals surface area contributed by atoms with Crippen LogP contribution in [0, 0.1) is 0 Å². The fourth-order valence-electron chi connectivity index (χ4n) is 3.83. The molecule has 1 N–H and O–H groups in total. The zero-order chi connectivity index (χ0) is 15.6. The SMILES string of the molecule is O=C(Cc1ccc2c(c1)CCO2)NC[C@@H]1CN2CCC[C@H]2CO1. The summed E-state index contributed by atoms with van der Waals surface area (Å²) in [5.74, 6) is 1.03. The monoisotopic (exact) mass is 316 g/mol. The number of carbonyl (C=O) groups excluding carboxylic acids is 1. The Bertz CT molecular complexity index is 590. The van der Waals surface area contributed by atoms with Crippen LogP contribution in [0.3, 0.4) is 0 Å². The van der Waals surface area contributed by atoms with E-state index in [4.69, 9.17) is 9.47 Å². The summed E-state index contributed by atoms with van der Waals surface area (Å²) in [7, 11) is 0. The maximum Gasteiger partial charge on any atom is 0.224 e. The molecule has 23 heavy (non-hydrogen) atoms. The molecule has 5 heteroatoms. The topological polar surface area (TPSA) is 50.8 Å². The first-order chi connectivity index (χ1) is 11.3. The van der Waals surface area contributed by atoms with Crippen molar-refractivity contribution in [3.05, 3.63) is 29.3 Å². The molecule has 3 heterocycles. The molecule has 0 spiro atoms. The normalized spacial score (nSPS) is 26.4. The van der Waals surface area contributed by atoms with E-state index in [1.54, 1.807) is 0 Å². The Morgan fingerprint density at radius 3 is 3.30 bits per heavy atom. The minimum Gasteiger partial charge on any atom is -0.493 e. The Hall–Kier alpha value is -1.59. The highest BCUT2D eigenvalue weighted by Gasteiger charge is 2.32. The van der Waals surface area contributed by atoms with Gasteiger partial charge in [-0.15, -0.1) is 0 Å². The predicted molar refractivity (Wildman–Crippen MR) is 86.7 cm³/mol. The van der Waals surface area contributed by atoms with Crippen molar-refractivity contribution in [2.45, 2.75) is 37.8 Å². The zero-order valence-corrected chi connectivity index (χ0v) is 13.4. The minimum absolute atomic E-state index is 0.0658. The Labute approximate surface area is 136 Å². The Morgan fingerprint density at radius 1 is 1.39 bits per heavy atom. The number of fused-ring (bicyclic) bond motifs is 2. The van der Waals surface area contributed by atoms with E-state index in [2.05, 4.69) is 16.3 Å². The van der Waals surface area contributed by atoms with Gasteiger partial charge in [0.2, 0.25) is 5.91 Å². The maximum atomic E-state index is 12.2. The van der Waals surface area contributed by atoms with Crippen LogP contribution < -0.4 is 10.1 Å². The van der Waals surface area contributed by atoms with E-state index >= 15 is 0 Å². The largest absolute Gasteiger partial charge is 0.493 e. The molecule has 2 atom stereocenters. The lowest BCUT2D eigenvalue weighted by molar-refractivity contribution is -0.121. The number of nitrogens with one attached hydrogen (secondary N) is 1. The van der Waals surface area contributed by atoms with Crippen LogP contribution in [0.25, 0.3) is 0 Å². The van der Waals surface area contributed by atoms with Gasteiger partial charge in [-0.05, 0) is 36.6 Å². The molecule has 2 saturated heterocycles. The van der Waals surface area contributed by atoms with E-state index in [-0.39, 0.29) is 12.0 Å². The fraction of sp³-hybridized carbons (Fsp3) is 0.611. The van der Waals surface area contributed by atoms with Gasteiger partial charge in [0.05, 0.1) is 25.7 Å². The molecular weight excluding hydrogens is 292 g/mol. The van der Waals surface area contributed by atoms with Crippen LogP contribution in [0.1, 0.15) is 24.0 Å². The first-order valence-electron chi connectivity index (χ1n) is 8.65. The summed E-state index contributed by atoms with van der Waals surface area (Å²) >= 11 is 0. The fourth-order valence-corrected chi connectivity index (χ4v) is 3.83. The highest BCUT2D eigenvalue weighted by atomic mass is 16.5. The molecule has 3 aliphatic heterocycles. The Kier molecular flexibility index (Phi) is 4.23. The molecule has 1 amide bonds. The summed E-state index contributed by atoms with van der Waals surface area (Å²) in [5.41, 5.74) is 2.27. The van der Waals surface area contributed by atoms with E-state index in [0.29, 0.717) is 19.0 Å². The average molecular weight is 316 g/mol. The summed E-state index contributed by atoms with van der Waals surface area (Å²) in [4.78, 5) is 14.7. The molecule has 2 fully saturated rings. The van der Waals surface area contributed by atoms with Gasteiger partial charge >= 0.3 is 0 Å². The van der Waals surface area contributed by atoms with E-state index in [0.717, 1.165) is 37.5 Å². The number of ether oxygens (including phenoxy) is 2. The van der Waals surface area contributed by atoms with Crippen molar-refractivity contribution in [1.82, 2.24) is 10.2 Å². The highest BCUT2D eigenvalue weighted by molar-refractivity contribution is 5.78. The molecular formula is C18H24N2O3. The van der Waals surface area contributed by atoms with E-state index in [1.807, 2.05) is 12.1 Å². The van der Waals surface area contributed by atoms with Gasteiger partial charge in [0, 0.05) is 25.6 Å². The van der Waals surface area contributed by atoms with Crippen LogP contribution in [-0.4, -0.2) is 55.8 Å². The number of nitrogens with zero attached hydrogens (tertiary/aromatic N) is 1. The molecule has 1 aromatic carbocycles. The zero-order valence-electron chi connectivity index (χ0n) is 13.4. The van der Waals surface area contributed by atoms with Gasteiger partial charge in [-0.2, -0.15) is 0 Å². The van der Waals surface area contributed by atoms with Gasteiger partial charge in [0.1, 0.15) is 5.75 Å². The van der Waals surface area contributed by atoms with Crippen molar-refractivity contribution in [1.29, 1.82) is 0 Å². The van der Waals surface area contributed by atoms with Crippen molar-refractivity contribution in [2.24, 2.45) is 0 Å². The molecule has 4 rings (SSSR count). The lowest BCUT2D eigenvalue weighted by atomic mass is 10.1. The lowest BCUT2D eigenvalue weighted by Gasteiger charge is -2.35. The predicted octanol–water partition coefficient (Wildman–Crippen LogP) is 1.14. The summed E-state index contributed by atoms with van der Waals surface area (Å²) in [6.07, 6.45) is 4.02. The molecule has 124 valence electrons. The van der Waals surface area contributed by atoms with Gasteiger partial charge < -0.3 is 14.8 Å². The second kappa shape index (κ2) is 6.49. The summed E-state index contributed by atoms with van der Waals surface area (Å²) in [6.45, 7) is 4.29. The number of benzene rings is 1. The molecule has 0 aliphatic carbocycles. The standard InChI is InChI=1S/C18H24N2O3/c21-18(9-13-3-4-17-14(8-13)5-7-22-17)19-10-16-11-20-6-1-2-15(20)12-23-16/h3-4,8,15-16H,1-2,5-7,9-12H2,(H,19,21)/t15-,16+/m0/s1. The molecule has 0 radical (unpaired) electrons. The van der Waals surface area contributed by atoms with Crippen LogP contribution in [0.4, 0.5) is 0 Å². The summed E-state index contributed by atoms with van der Waals surface area (Å²) < 4.78 is 11.4. The van der Waals surface area contributed by atoms with Gasteiger partial charge in [-0.1, -0.05) is 12.1 Å². The smallest absolute Gasteiger partial charge is 0.224 e. The quantitative estimate of drug-likeness (QED) is 0.905. The first kappa shape index (κ1) is 15.0. The van der Waals surface area contributed by atoms with E-state index in [9.17, 15) is 4.79 Å². The molecule has 1 aromatic rings. The molecule has 0 bridgehead atoms. The number of hydrogen-bond donors (Lipinski definition) is 1. The van der Waals surface area contributed by atoms with Crippen molar-refractivity contribution in [3.63, 3.8) is 0 Å². The third-order valence-corrected chi connectivity index (χ3v) is 5.11. The van der Waals surface area contributed by atoms with Gasteiger partial charge in [-0.25, -0.2) is 0 Å². The number of morpholine rings is 1. The Balaban J connectivity index is 1.25. The van der Waals surface area contributed by atoms with Gasteiger partial charge in [0.15, 0.2) is 0 Å². The van der Waals surface area contributed by atoms with Crippen LogP contribution in [0.2, 0.25) is 0 Å².